The summed E-state index contributed by atoms with van der Waals surface area (Å²) in [5, 5.41) is 3.49. The van der Waals surface area contributed by atoms with Crippen LogP contribution in [-0.4, -0.2) is 56.0 Å². The Morgan fingerprint density at radius 3 is 2.15 bits per heavy atom. The first kappa shape index (κ1) is 23.2. The summed E-state index contributed by atoms with van der Waals surface area (Å²) in [4.78, 5) is 2.80. The van der Waals surface area contributed by atoms with Crippen LogP contribution in [0.5, 0.6) is 0 Å². The highest BCUT2D eigenvalue weighted by Gasteiger charge is 2.29. The molecular formula is C20H35F3N2O. The lowest BCUT2D eigenvalue weighted by atomic mass is 9.96. The summed E-state index contributed by atoms with van der Waals surface area (Å²) in [6, 6.07) is 1.48. The van der Waals surface area contributed by atoms with Crippen LogP contribution in [0.25, 0.3) is 0 Å². The third-order valence-electron chi connectivity index (χ3n) is 4.68. The molecule has 1 atom stereocenters. The maximum atomic E-state index is 10.4. The van der Waals surface area contributed by atoms with Crippen molar-refractivity contribution in [3.05, 3.63) is 24.3 Å². The minimum absolute atomic E-state index is 0.188. The summed E-state index contributed by atoms with van der Waals surface area (Å²) in [7, 11) is 0. The molecule has 3 nitrogen and oxygen atoms in total. The third kappa shape index (κ3) is 11.0. The van der Waals surface area contributed by atoms with Crippen LogP contribution in [0.1, 0.15) is 46.5 Å². The average molecular weight is 377 g/mol. The summed E-state index contributed by atoms with van der Waals surface area (Å²) in [5.41, 5.74) is 0. The Morgan fingerprint density at radius 1 is 1.08 bits per heavy atom. The van der Waals surface area contributed by atoms with Crippen LogP contribution in [0.15, 0.2) is 24.3 Å². The van der Waals surface area contributed by atoms with E-state index >= 15 is 0 Å². The molecule has 2 aliphatic heterocycles. The number of hydrogen-bond acceptors (Lipinski definition) is 3. The fourth-order valence-corrected chi connectivity index (χ4v) is 3.51. The van der Waals surface area contributed by atoms with Crippen LogP contribution in [0.2, 0.25) is 0 Å². The fourth-order valence-electron chi connectivity index (χ4n) is 3.51. The smallest absolute Gasteiger partial charge is 0.381 e. The number of halogens is 3. The zero-order valence-electron chi connectivity index (χ0n) is 16.4. The van der Waals surface area contributed by atoms with E-state index in [0.29, 0.717) is 5.92 Å². The van der Waals surface area contributed by atoms with Gasteiger partial charge in [0.2, 0.25) is 0 Å². The van der Waals surface area contributed by atoms with E-state index in [4.69, 9.17) is 4.74 Å². The lowest BCUT2D eigenvalue weighted by Gasteiger charge is -2.42. The number of piperidine rings is 1. The molecular weight excluding hydrogens is 341 g/mol. The molecule has 2 rings (SSSR count). The number of hydrogen-bond donors (Lipinski definition) is 1. The van der Waals surface area contributed by atoms with Gasteiger partial charge in [-0.05, 0) is 51.6 Å². The van der Waals surface area contributed by atoms with Gasteiger partial charge in [0.25, 0.3) is 0 Å². The van der Waals surface area contributed by atoms with Crippen LogP contribution in [0.3, 0.4) is 0 Å². The van der Waals surface area contributed by atoms with Gasteiger partial charge in [-0.15, -0.1) is 0 Å². The molecule has 0 aromatic carbocycles. The van der Waals surface area contributed by atoms with Gasteiger partial charge in [-0.2, -0.15) is 13.2 Å². The van der Waals surface area contributed by atoms with Crippen molar-refractivity contribution in [1.29, 1.82) is 0 Å². The van der Waals surface area contributed by atoms with Crippen LogP contribution < -0.4 is 5.32 Å². The van der Waals surface area contributed by atoms with Gasteiger partial charge >= 0.3 is 6.18 Å². The first-order chi connectivity index (χ1) is 12.3. The maximum absolute atomic E-state index is 10.4. The Bertz CT molecular complexity index is 388. The van der Waals surface area contributed by atoms with Crippen molar-refractivity contribution in [2.45, 2.75) is 64.7 Å². The lowest BCUT2D eigenvalue weighted by Crippen LogP contribution is -2.51. The van der Waals surface area contributed by atoms with Crippen molar-refractivity contribution < 1.29 is 17.9 Å². The molecule has 152 valence electrons. The summed E-state index contributed by atoms with van der Waals surface area (Å²) < 4.78 is 36.6. The van der Waals surface area contributed by atoms with Crippen molar-refractivity contribution in [3.8, 4) is 0 Å². The monoisotopic (exact) mass is 376 g/mol. The minimum atomic E-state index is -4.00. The van der Waals surface area contributed by atoms with Crippen LogP contribution in [-0.2, 0) is 4.74 Å². The maximum Gasteiger partial charge on any atom is 0.386 e. The second-order valence-corrected chi connectivity index (χ2v) is 7.19. The van der Waals surface area contributed by atoms with Crippen molar-refractivity contribution in [2.24, 2.45) is 5.92 Å². The molecule has 0 bridgehead atoms. The number of nitrogens with one attached hydrogen (secondary N) is 1. The molecule has 1 unspecified atom stereocenters. The highest BCUT2D eigenvalue weighted by molar-refractivity contribution is 5.03. The summed E-state index contributed by atoms with van der Waals surface area (Å²) >= 11 is 0. The van der Waals surface area contributed by atoms with E-state index in [1.165, 1.54) is 45.3 Å². The first-order valence-electron chi connectivity index (χ1n) is 9.71. The Balaban J connectivity index is 0.000000597. The molecule has 2 saturated heterocycles. The molecule has 0 saturated carbocycles. The molecule has 0 amide bonds. The standard InChI is InChI=1S/C18H32N2O.C2H3F3/c1-3-4-5-6-16(2)15-20(17-7-11-19-12-8-17)18-9-13-21-14-10-18;1-2(3,4)5/h3-6,16-19H,7-15H2,1-2H3;1H3/b4-3-,6-5-;. The predicted octanol–water partition coefficient (Wildman–Crippen LogP) is 4.56. The van der Waals surface area contributed by atoms with Gasteiger partial charge in [0.15, 0.2) is 0 Å². The second kappa shape index (κ2) is 12.5. The molecule has 6 heteroatoms. The summed E-state index contributed by atoms with van der Waals surface area (Å²) in [5.74, 6) is 0.610. The molecule has 0 spiro atoms. The minimum Gasteiger partial charge on any atom is -0.381 e. The lowest BCUT2D eigenvalue weighted by molar-refractivity contribution is -0.110. The van der Waals surface area contributed by atoms with Gasteiger partial charge in [0, 0.05) is 38.8 Å². The Labute approximate surface area is 156 Å². The van der Waals surface area contributed by atoms with Gasteiger partial charge in [-0.25, -0.2) is 0 Å². The zero-order valence-corrected chi connectivity index (χ0v) is 16.4. The second-order valence-electron chi connectivity index (χ2n) is 7.19. The van der Waals surface area contributed by atoms with Gasteiger partial charge in [-0.1, -0.05) is 31.2 Å². The average Bonchev–Trinajstić information content (AvgIpc) is 2.60. The fraction of sp³-hybridized carbons (Fsp3) is 0.800. The van der Waals surface area contributed by atoms with Gasteiger partial charge in [0.1, 0.15) is 0 Å². The van der Waals surface area contributed by atoms with Gasteiger partial charge in [0.05, 0.1) is 0 Å². The number of rotatable bonds is 6. The number of alkyl halides is 3. The largest absolute Gasteiger partial charge is 0.386 e. The highest BCUT2D eigenvalue weighted by Crippen LogP contribution is 2.23. The van der Waals surface area contributed by atoms with E-state index in [0.717, 1.165) is 25.3 Å². The molecule has 0 radical (unpaired) electrons. The molecule has 0 aromatic rings. The summed E-state index contributed by atoms with van der Waals surface area (Å²) in [6.07, 6.45) is 9.74. The number of nitrogens with zero attached hydrogens (tertiary/aromatic N) is 1. The normalized spacial score (nSPS) is 22.0. The molecule has 0 aromatic heterocycles. The van der Waals surface area contributed by atoms with E-state index in [-0.39, 0.29) is 6.92 Å². The molecule has 0 aliphatic carbocycles. The van der Waals surface area contributed by atoms with E-state index in [1.807, 2.05) is 0 Å². The van der Waals surface area contributed by atoms with E-state index in [1.54, 1.807) is 0 Å². The van der Waals surface area contributed by atoms with Crippen molar-refractivity contribution in [1.82, 2.24) is 10.2 Å². The van der Waals surface area contributed by atoms with Crippen LogP contribution in [0, 0.1) is 5.92 Å². The Morgan fingerprint density at radius 2 is 1.62 bits per heavy atom. The molecule has 2 fully saturated rings. The van der Waals surface area contributed by atoms with E-state index < -0.39 is 6.18 Å². The number of ether oxygens (including phenoxy) is 1. The molecule has 1 N–H and O–H groups in total. The summed E-state index contributed by atoms with van der Waals surface area (Å²) in [6.45, 7) is 10.0. The highest BCUT2D eigenvalue weighted by atomic mass is 19.4. The Kier molecular flexibility index (Phi) is 11.2. The van der Waals surface area contributed by atoms with E-state index in [2.05, 4.69) is 48.4 Å². The van der Waals surface area contributed by atoms with Crippen molar-refractivity contribution in [3.63, 3.8) is 0 Å². The van der Waals surface area contributed by atoms with Gasteiger partial charge < -0.3 is 10.1 Å². The zero-order chi connectivity index (χ0) is 19.4. The third-order valence-corrected chi connectivity index (χ3v) is 4.68. The van der Waals surface area contributed by atoms with Crippen LogP contribution in [0.4, 0.5) is 13.2 Å². The van der Waals surface area contributed by atoms with Gasteiger partial charge in [-0.3, -0.25) is 4.90 Å². The van der Waals surface area contributed by atoms with Crippen molar-refractivity contribution in [2.75, 3.05) is 32.8 Å². The van der Waals surface area contributed by atoms with E-state index in [9.17, 15) is 13.2 Å². The van der Waals surface area contributed by atoms with Crippen molar-refractivity contribution >= 4 is 0 Å². The SMILES string of the molecule is C/C=C\C=C/C(C)CN(C1CCNCC1)C1CCOCC1.CC(F)(F)F. The molecule has 26 heavy (non-hydrogen) atoms. The van der Waals surface area contributed by atoms with Crippen LogP contribution >= 0.6 is 0 Å². The first-order valence-corrected chi connectivity index (χ1v) is 9.71. The quantitative estimate of drug-likeness (QED) is 0.688. The molecule has 2 aliphatic rings. The Hall–Kier alpha value is -0.850. The topological polar surface area (TPSA) is 24.5 Å². The molecule has 2 heterocycles. The predicted molar refractivity (Wildman–Crippen MR) is 101 cm³/mol. The number of allylic oxidation sites excluding steroid dienone is 3.